The van der Waals surface area contributed by atoms with E-state index in [1.54, 1.807) is 12.1 Å². The van der Waals surface area contributed by atoms with Crippen molar-refractivity contribution in [3.05, 3.63) is 38.3 Å². The number of likely N-dealkylation sites (tertiary alicyclic amines) is 1. The van der Waals surface area contributed by atoms with E-state index in [0.29, 0.717) is 15.8 Å². The third-order valence-electron chi connectivity index (χ3n) is 4.11. The van der Waals surface area contributed by atoms with E-state index in [4.69, 9.17) is 0 Å². The Labute approximate surface area is 128 Å². The summed E-state index contributed by atoms with van der Waals surface area (Å²) in [6.45, 7) is 9.79. The zero-order valence-electron chi connectivity index (χ0n) is 12.2. The summed E-state index contributed by atoms with van der Waals surface area (Å²) in [5.41, 5.74) is 1.49. The Balaban J connectivity index is 2.05. The topological polar surface area (TPSA) is 46.4 Å². The van der Waals surface area contributed by atoms with Gasteiger partial charge in [0.05, 0.1) is 9.40 Å². The van der Waals surface area contributed by atoms with Gasteiger partial charge < -0.3 is 0 Å². The van der Waals surface area contributed by atoms with Crippen molar-refractivity contribution in [2.45, 2.75) is 33.7 Å². The van der Waals surface area contributed by atoms with Crippen LogP contribution >= 0.6 is 15.9 Å². The molecule has 1 aliphatic rings. The van der Waals surface area contributed by atoms with Crippen molar-refractivity contribution in [3.8, 4) is 0 Å². The van der Waals surface area contributed by atoms with Crippen molar-refractivity contribution >= 4 is 21.6 Å². The lowest BCUT2D eigenvalue weighted by Gasteiger charge is -2.27. The van der Waals surface area contributed by atoms with Gasteiger partial charge in [0.25, 0.3) is 5.69 Å². The lowest BCUT2D eigenvalue weighted by molar-refractivity contribution is -0.385. The molecule has 4 nitrogen and oxygen atoms in total. The first-order valence-electron chi connectivity index (χ1n) is 6.92. The van der Waals surface area contributed by atoms with Crippen LogP contribution in [0.3, 0.4) is 0 Å². The summed E-state index contributed by atoms with van der Waals surface area (Å²) >= 11 is 3.22. The first kappa shape index (κ1) is 15.4. The first-order valence-corrected chi connectivity index (χ1v) is 7.72. The number of nitro benzene ring substituents is 1. The van der Waals surface area contributed by atoms with Gasteiger partial charge in [0.1, 0.15) is 0 Å². The Morgan fingerprint density at radius 2 is 2.15 bits per heavy atom. The molecule has 1 fully saturated rings. The maximum Gasteiger partial charge on any atom is 0.283 e. The summed E-state index contributed by atoms with van der Waals surface area (Å²) in [7, 11) is 0. The standard InChI is InChI=1S/C15H21BrN2O2/c1-15(2,3)12-6-7-17(10-12)9-11-4-5-13(16)14(8-11)18(19)20/h4-5,8,12H,6-7,9-10H2,1-3H3. The van der Waals surface area contributed by atoms with E-state index in [1.165, 1.54) is 6.42 Å². The van der Waals surface area contributed by atoms with E-state index in [-0.39, 0.29) is 10.6 Å². The molecule has 0 amide bonds. The number of hydrogen-bond acceptors (Lipinski definition) is 3. The predicted molar refractivity (Wildman–Crippen MR) is 83.6 cm³/mol. The smallest absolute Gasteiger partial charge is 0.283 e. The molecule has 2 rings (SSSR count). The van der Waals surface area contributed by atoms with E-state index in [1.807, 2.05) is 6.07 Å². The number of benzene rings is 1. The Morgan fingerprint density at radius 3 is 2.70 bits per heavy atom. The molecule has 1 heterocycles. The fourth-order valence-electron chi connectivity index (χ4n) is 2.74. The van der Waals surface area contributed by atoms with Gasteiger partial charge in [-0.15, -0.1) is 0 Å². The van der Waals surface area contributed by atoms with Gasteiger partial charge in [0.2, 0.25) is 0 Å². The van der Waals surface area contributed by atoms with Crippen LogP contribution in [0, 0.1) is 21.4 Å². The van der Waals surface area contributed by atoms with Crippen LogP contribution < -0.4 is 0 Å². The number of nitrogens with zero attached hydrogens (tertiary/aromatic N) is 2. The SMILES string of the molecule is CC(C)(C)C1CCN(Cc2ccc(Br)c([N+](=O)[O-])c2)C1. The van der Waals surface area contributed by atoms with Crippen molar-refractivity contribution in [2.24, 2.45) is 11.3 Å². The van der Waals surface area contributed by atoms with Crippen molar-refractivity contribution in [1.29, 1.82) is 0 Å². The molecule has 0 saturated carbocycles. The van der Waals surface area contributed by atoms with Crippen molar-refractivity contribution in [1.82, 2.24) is 4.90 Å². The van der Waals surface area contributed by atoms with Crippen molar-refractivity contribution in [3.63, 3.8) is 0 Å². The highest BCUT2D eigenvalue weighted by Gasteiger charge is 2.31. The van der Waals surface area contributed by atoms with Crippen molar-refractivity contribution < 1.29 is 4.92 Å². The molecule has 0 spiro atoms. The fourth-order valence-corrected chi connectivity index (χ4v) is 3.13. The van der Waals surface area contributed by atoms with Crippen LogP contribution in [0.2, 0.25) is 0 Å². The van der Waals surface area contributed by atoms with E-state index in [0.717, 1.165) is 25.2 Å². The summed E-state index contributed by atoms with van der Waals surface area (Å²) in [5.74, 6) is 0.702. The highest BCUT2D eigenvalue weighted by Crippen LogP contribution is 2.34. The van der Waals surface area contributed by atoms with Crippen LogP contribution in [-0.2, 0) is 6.54 Å². The second-order valence-electron chi connectivity index (χ2n) is 6.63. The quantitative estimate of drug-likeness (QED) is 0.611. The lowest BCUT2D eigenvalue weighted by Crippen LogP contribution is -2.25. The van der Waals surface area contributed by atoms with Gasteiger partial charge in [-0.3, -0.25) is 15.0 Å². The maximum atomic E-state index is 11.0. The molecule has 110 valence electrons. The van der Waals surface area contributed by atoms with Gasteiger partial charge in [-0.1, -0.05) is 26.8 Å². The Bertz CT molecular complexity index is 511. The van der Waals surface area contributed by atoms with E-state index in [2.05, 4.69) is 41.6 Å². The van der Waals surface area contributed by atoms with Gasteiger partial charge in [-0.05, 0) is 51.9 Å². The Kier molecular flexibility index (Phi) is 4.49. The third kappa shape index (κ3) is 3.58. The molecule has 0 aliphatic carbocycles. The Morgan fingerprint density at radius 1 is 1.45 bits per heavy atom. The molecule has 1 aromatic rings. The molecule has 1 atom stereocenters. The summed E-state index contributed by atoms with van der Waals surface area (Å²) in [4.78, 5) is 13.0. The zero-order valence-corrected chi connectivity index (χ0v) is 13.8. The summed E-state index contributed by atoms with van der Waals surface area (Å²) < 4.78 is 0.542. The van der Waals surface area contributed by atoms with Gasteiger partial charge in [0, 0.05) is 19.2 Å². The van der Waals surface area contributed by atoms with Gasteiger partial charge in [0.15, 0.2) is 0 Å². The molecule has 1 unspecified atom stereocenters. The molecule has 5 heteroatoms. The summed E-state index contributed by atoms with van der Waals surface area (Å²) in [5, 5.41) is 11.0. The fraction of sp³-hybridized carbons (Fsp3) is 0.600. The van der Waals surface area contributed by atoms with Crippen LogP contribution in [0.15, 0.2) is 22.7 Å². The normalized spacial score (nSPS) is 20.3. The molecular weight excluding hydrogens is 320 g/mol. The van der Waals surface area contributed by atoms with Gasteiger partial charge >= 0.3 is 0 Å². The lowest BCUT2D eigenvalue weighted by atomic mass is 9.80. The first-order chi connectivity index (χ1) is 9.27. The molecular formula is C15H21BrN2O2. The molecule has 1 aromatic carbocycles. The van der Waals surface area contributed by atoms with Gasteiger partial charge in [-0.2, -0.15) is 0 Å². The Hall–Kier alpha value is -0.940. The monoisotopic (exact) mass is 340 g/mol. The number of nitro groups is 1. The number of rotatable bonds is 3. The molecule has 0 bridgehead atoms. The minimum Gasteiger partial charge on any atom is -0.299 e. The van der Waals surface area contributed by atoms with E-state index in [9.17, 15) is 10.1 Å². The summed E-state index contributed by atoms with van der Waals surface area (Å²) in [6, 6.07) is 5.40. The molecule has 20 heavy (non-hydrogen) atoms. The van der Waals surface area contributed by atoms with E-state index < -0.39 is 0 Å². The maximum absolute atomic E-state index is 11.0. The second kappa shape index (κ2) is 5.82. The van der Waals surface area contributed by atoms with Crippen molar-refractivity contribution in [2.75, 3.05) is 13.1 Å². The molecule has 0 aromatic heterocycles. The largest absolute Gasteiger partial charge is 0.299 e. The zero-order chi connectivity index (χ0) is 14.9. The second-order valence-corrected chi connectivity index (χ2v) is 7.48. The third-order valence-corrected chi connectivity index (χ3v) is 4.78. The highest BCUT2D eigenvalue weighted by atomic mass is 79.9. The molecule has 1 saturated heterocycles. The average Bonchev–Trinajstić information content (AvgIpc) is 2.79. The minimum absolute atomic E-state index is 0.147. The average molecular weight is 341 g/mol. The minimum atomic E-state index is -0.338. The summed E-state index contributed by atoms with van der Waals surface area (Å²) in [6.07, 6.45) is 1.21. The predicted octanol–water partition coefficient (Wildman–Crippen LogP) is 4.23. The van der Waals surface area contributed by atoms with E-state index >= 15 is 0 Å². The number of hydrogen-bond donors (Lipinski definition) is 0. The molecule has 1 aliphatic heterocycles. The van der Waals surface area contributed by atoms with Gasteiger partial charge in [-0.25, -0.2) is 0 Å². The number of halogens is 1. The van der Waals surface area contributed by atoms with Crippen LogP contribution in [0.4, 0.5) is 5.69 Å². The highest BCUT2D eigenvalue weighted by molar-refractivity contribution is 9.10. The molecule has 0 radical (unpaired) electrons. The van der Waals surface area contributed by atoms with Crippen LogP contribution in [0.5, 0.6) is 0 Å². The molecule has 0 N–H and O–H groups in total. The van der Waals surface area contributed by atoms with Crippen LogP contribution in [0.1, 0.15) is 32.8 Å². The van der Waals surface area contributed by atoms with Crippen LogP contribution in [0.25, 0.3) is 0 Å². The van der Waals surface area contributed by atoms with Crippen LogP contribution in [-0.4, -0.2) is 22.9 Å².